The predicted molar refractivity (Wildman–Crippen MR) is 122 cm³/mol. The summed E-state index contributed by atoms with van der Waals surface area (Å²) in [6.07, 6.45) is 3.23. The fourth-order valence-electron chi connectivity index (χ4n) is 3.88. The molecule has 6 heteroatoms. The first-order chi connectivity index (χ1) is 13.5. The van der Waals surface area contributed by atoms with Crippen LogP contribution in [-0.4, -0.2) is 20.3 Å². The summed E-state index contributed by atoms with van der Waals surface area (Å²) in [6, 6.07) is 11.0. The molecule has 3 heterocycles. The highest BCUT2D eigenvalue weighted by Gasteiger charge is 2.28. The molecular weight excluding hydrogens is 384 g/mol. The number of hydrogen-bond donors (Lipinski definition) is 1. The largest absolute Gasteiger partial charge is 0.328 e. The SMILES string of the molecule is CCc1cc2c(cc1CC)N(C)C(=c1cc3s/c(=C(\C#N)C=N)cc3s1)N2C. The van der Waals surface area contributed by atoms with E-state index in [1.165, 1.54) is 42.3 Å². The molecular formula is C22H22N4S2. The molecule has 0 bridgehead atoms. The van der Waals surface area contributed by atoms with Crippen molar-refractivity contribution in [2.75, 3.05) is 23.9 Å². The number of aryl methyl sites for hydroxylation is 2. The van der Waals surface area contributed by atoms with E-state index in [4.69, 9.17) is 5.41 Å². The highest BCUT2D eigenvalue weighted by Crippen LogP contribution is 2.42. The second-order valence-corrected chi connectivity index (χ2v) is 9.05. The van der Waals surface area contributed by atoms with Crippen molar-refractivity contribution in [3.8, 4) is 6.07 Å². The lowest BCUT2D eigenvalue weighted by Gasteiger charge is -2.17. The van der Waals surface area contributed by atoms with E-state index >= 15 is 0 Å². The zero-order valence-corrected chi connectivity index (χ0v) is 18.1. The standard InChI is InChI=1S/C22H22N4S2/c1-5-13-7-16-17(8-14(13)6-2)26(4)22(25(16)3)21-10-20-19(28-21)9-18(27-20)15(11-23)12-24/h7-11,23H,5-6H2,1-4H3/b18-15-,23-11?. The average Bonchev–Trinajstić information content (AvgIpc) is 3.33. The molecule has 142 valence electrons. The summed E-state index contributed by atoms with van der Waals surface area (Å²) in [6.45, 7) is 4.44. The van der Waals surface area contributed by atoms with Gasteiger partial charge in [-0.2, -0.15) is 5.26 Å². The van der Waals surface area contributed by atoms with Crippen molar-refractivity contribution in [2.45, 2.75) is 26.7 Å². The quantitative estimate of drug-likeness (QED) is 0.667. The Balaban J connectivity index is 1.90. The first-order valence-electron chi connectivity index (χ1n) is 9.34. The van der Waals surface area contributed by atoms with E-state index in [-0.39, 0.29) is 0 Å². The maximum atomic E-state index is 9.18. The van der Waals surface area contributed by atoms with Gasteiger partial charge in [0.15, 0.2) is 0 Å². The van der Waals surface area contributed by atoms with Gasteiger partial charge in [0.05, 0.1) is 21.5 Å². The third-order valence-corrected chi connectivity index (χ3v) is 7.70. The van der Waals surface area contributed by atoms with Crippen molar-refractivity contribution in [3.05, 3.63) is 44.5 Å². The zero-order valence-electron chi connectivity index (χ0n) is 16.5. The van der Waals surface area contributed by atoms with Gasteiger partial charge >= 0.3 is 0 Å². The van der Waals surface area contributed by atoms with Crippen molar-refractivity contribution in [1.29, 1.82) is 10.7 Å². The van der Waals surface area contributed by atoms with Crippen LogP contribution in [0.1, 0.15) is 25.0 Å². The van der Waals surface area contributed by atoms with E-state index in [2.05, 4.69) is 62.0 Å². The van der Waals surface area contributed by atoms with Crippen LogP contribution in [0, 0.1) is 16.7 Å². The number of nitrogens with zero attached hydrogens (tertiary/aromatic N) is 3. The number of nitrogens with one attached hydrogen (secondary N) is 1. The van der Waals surface area contributed by atoms with Crippen molar-refractivity contribution in [1.82, 2.24) is 0 Å². The van der Waals surface area contributed by atoms with Crippen LogP contribution < -0.4 is 18.9 Å². The Morgan fingerprint density at radius 1 is 1.00 bits per heavy atom. The molecule has 0 spiro atoms. The number of hydrogen-bond acceptors (Lipinski definition) is 6. The van der Waals surface area contributed by atoms with E-state index in [9.17, 15) is 5.26 Å². The Morgan fingerprint density at radius 3 is 2.04 bits per heavy atom. The van der Waals surface area contributed by atoms with E-state index < -0.39 is 0 Å². The summed E-state index contributed by atoms with van der Waals surface area (Å²) in [4.78, 5) is 4.57. The number of rotatable bonds is 3. The summed E-state index contributed by atoms with van der Waals surface area (Å²) in [7, 11) is 4.27. The lowest BCUT2D eigenvalue weighted by atomic mass is 10.0. The second-order valence-electron chi connectivity index (χ2n) is 6.88. The first-order valence-corrected chi connectivity index (χ1v) is 11.0. The highest BCUT2D eigenvalue weighted by molar-refractivity contribution is 7.26. The molecule has 0 saturated carbocycles. The van der Waals surface area contributed by atoms with Crippen molar-refractivity contribution in [3.63, 3.8) is 0 Å². The monoisotopic (exact) mass is 406 g/mol. The van der Waals surface area contributed by atoms with Gasteiger partial charge in [0, 0.05) is 34.2 Å². The van der Waals surface area contributed by atoms with Crippen LogP contribution in [-0.2, 0) is 12.8 Å². The van der Waals surface area contributed by atoms with Crippen molar-refractivity contribution in [2.24, 2.45) is 0 Å². The minimum Gasteiger partial charge on any atom is -0.328 e. The smallest absolute Gasteiger partial charge is 0.130 e. The number of nitriles is 1. The minimum absolute atomic E-state index is 0.421. The molecule has 28 heavy (non-hydrogen) atoms. The van der Waals surface area contributed by atoms with E-state index in [0.717, 1.165) is 23.6 Å². The van der Waals surface area contributed by atoms with Gasteiger partial charge in [0.2, 0.25) is 0 Å². The molecule has 0 aliphatic carbocycles. The third-order valence-electron chi connectivity index (χ3n) is 5.37. The molecule has 4 nitrogen and oxygen atoms in total. The van der Waals surface area contributed by atoms with Crippen LogP contribution >= 0.6 is 22.7 Å². The van der Waals surface area contributed by atoms with Gasteiger partial charge < -0.3 is 15.2 Å². The van der Waals surface area contributed by atoms with Gasteiger partial charge in [0.25, 0.3) is 0 Å². The molecule has 1 aliphatic rings. The van der Waals surface area contributed by atoms with Gasteiger partial charge in [-0.15, -0.1) is 22.7 Å². The number of benzene rings is 1. The third kappa shape index (κ3) is 2.74. The van der Waals surface area contributed by atoms with Crippen LogP contribution in [0.3, 0.4) is 0 Å². The van der Waals surface area contributed by atoms with Crippen molar-refractivity contribution >= 4 is 61.1 Å². The van der Waals surface area contributed by atoms with E-state index in [1.807, 2.05) is 6.07 Å². The second kappa shape index (κ2) is 7.08. The topological polar surface area (TPSA) is 54.1 Å². The fourth-order valence-corrected chi connectivity index (χ4v) is 6.36. The molecule has 1 aliphatic heterocycles. The van der Waals surface area contributed by atoms with Gasteiger partial charge in [-0.3, -0.25) is 0 Å². The maximum Gasteiger partial charge on any atom is 0.130 e. The van der Waals surface area contributed by atoms with Crippen LogP contribution in [0.5, 0.6) is 0 Å². The molecule has 0 saturated heterocycles. The Labute approximate surface area is 172 Å². The highest BCUT2D eigenvalue weighted by atomic mass is 32.1. The first kappa shape index (κ1) is 18.7. The number of thiophene rings is 2. The molecule has 0 amide bonds. The summed E-state index contributed by atoms with van der Waals surface area (Å²) < 4.78 is 4.42. The average molecular weight is 407 g/mol. The van der Waals surface area contributed by atoms with Crippen LogP contribution in [0.15, 0.2) is 24.3 Å². The molecule has 0 fully saturated rings. The predicted octanol–water partition coefficient (Wildman–Crippen LogP) is 4.06. The van der Waals surface area contributed by atoms with Crippen LogP contribution in [0.4, 0.5) is 11.4 Å². The maximum absolute atomic E-state index is 9.18. The molecule has 0 atom stereocenters. The molecule has 0 unspecified atom stereocenters. The van der Waals surface area contributed by atoms with E-state index in [0.29, 0.717) is 5.57 Å². The molecule has 3 aromatic rings. The summed E-state index contributed by atoms with van der Waals surface area (Å²) >= 11 is 3.33. The Morgan fingerprint density at radius 2 is 1.57 bits per heavy atom. The summed E-state index contributed by atoms with van der Waals surface area (Å²) in [5.41, 5.74) is 5.78. The number of anilines is 2. The van der Waals surface area contributed by atoms with Gasteiger partial charge in [-0.05, 0) is 48.2 Å². The lowest BCUT2D eigenvalue weighted by Crippen LogP contribution is -2.26. The van der Waals surface area contributed by atoms with Crippen LogP contribution in [0.25, 0.3) is 20.8 Å². The summed E-state index contributed by atoms with van der Waals surface area (Å²) in [5, 5.41) is 16.6. The molecule has 1 N–H and O–H groups in total. The lowest BCUT2D eigenvalue weighted by molar-refractivity contribution is 1.04. The molecule has 0 radical (unpaired) electrons. The van der Waals surface area contributed by atoms with Gasteiger partial charge in [-0.1, -0.05) is 13.8 Å². The Kier molecular flexibility index (Phi) is 4.74. The zero-order chi connectivity index (χ0) is 20.0. The molecule has 4 rings (SSSR count). The van der Waals surface area contributed by atoms with Gasteiger partial charge in [-0.25, -0.2) is 0 Å². The Bertz CT molecular complexity index is 1180. The summed E-state index contributed by atoms with van der Waals surface area (Å²) in [5.74, 6) is 1.19. The minimum atomic E-state index is 0.421. The van der Waals surface area contributed by atoms with Gasteiger partial charge in [0.1, 0.15) is 11.9 Å². The van der Waals surface area contributed by atoms with E-state index in [1.54, 1.807) is 22.7 Å². The normalized spacial score (nSPS) is 14.5. The molecule has 1 aromatic carbocycles. The van der Waals surface area contributed by atoms with Crippen molar-refractivity contribution < 1.29 is 0 Å². The Hall–Kier alpha value is -2.62. The molecule has 2 aromatic heterocycles. The number of fused-ring (bicyclic) bond motifs is 2. The fraction of sp³-hybridized carbons (Fsp3) is 0.273. The van der Waals surface area contributed by atoms with Crippen LogP contribution in [0.2, 0.25) is 0 Å².